The molecule has 0 amide bonds. The van der Waals surface area contributed by atoms with Crippen molar-refractivity contribution in [1.29, 1.82) is 0 Å². The molecule has 84 valence electrons. The van der Waals surface area contributed by atoms with Crippen molar-refractivity contribution < 1.29 is 23.6 Å². The first kappa shape index (κ1) is 14.2. The summed E-state index contributed by atoms with van der Waals surface area (Å²) in [6.07, 6.45) is 9.69. The number of rotatable bonds is 4. The van der Waals surface area contributed by atoms with Crippen molar-refractivity contribution in [1.82, 2.24) is 0 Å². The maximum atomic E-state index is 5.38. The molecule has 0 saturated heterocycles. The molecule has 1 aliphatic rings. The molecule has 0 saturated carbocycles. The molecule has 0 spiro atoms. The Hall–Kier alpha value is -0.903. The molecule has 1 aromatic carbocycles. The van der Waals surface area contributed by atoms with Crippen LogP contribution in [0, 0.1) is 6.08 Å². The molecule has 2 rings (SSSR count). The molecule has 2 heteroatoms. The summed E-state index contributed by atoms with van der Waals surface area (Å²) >= 11 is 0. The SMILES string of the molecule is COc1ccccc1C(C)CC1=[C-]CC=C1.[Li+]. The Morgan fingerprint density at radius 2 is 2.12 bits per heavy atom. The topological polar surface area (TPSA) is 9.23 Å². The minimum absolute atomic E-state index is 0. The van der Waals surface area contributed by atoms with Gasteiger partial charge in [0.2, 0.25) is 0 Å². The van der Waals surface area contributed by atoms with E-state index in [9.17, 15) is 0 Å². The van der Waals surface area contributed by atoms with E-state index in [-0.39, 0.29) is 18.9 Å². The molecule has 1 aliphatic carbocycles. The molecule has 1 aromatic rings. The predicted molar refractivity (Wildman–Crippen MR) is 66.5 cm³/mol. The number of ether oxygens (including phenoxy) is 1. The fourth-order valence-corrected chi connectivity index (χ4v) is 2.10. The quantitative estimate of drug-likeness (QED) is 0.540. The normalized spacial score (nSPS) is 15.1. The zero-order valence-corrected chi connectivity index (χ0v) is 10.9. The van der Waals surface area contributed by atoms with Gasteiger partial charge in [-0.15, -0.1) is 6.42 Å². The molecule has 0 aromatic heterocycles. The fourth-order valence-electron chi connectivity index (χ4n) is 2.10. The van der Waals surface area contributed by atoms with Gasteiger partial charge in [0, 0.05) is 0 Å². The Morgan fingerprint density at radius 3 is 2.76 bits per heavy atom. The van der Waals surface area contributed by atoms with Crippen LogP contribution in [-0.4, -0.2) is 7.11 Å². The third-order valence-corrected chi connectivity index (χ3v) is 2.96. The van der Waals surface area contributed by atoms with Gasteiger partial charge in [-0.05, 0) is 17.5 Å². The van der Waals surface area contributed by atoms with Gasteiger partial charge in [-0.1, -0.05) is 31.5 Å². The average molecular weight is 220 g/mol. The summed E-state index contributed by atoms with van der Waals surface area (Å²) in [5.74, 6) is 1.46. The zero-order valence-electron chi connectivity index (χ0n) is 10.9. The van der Waals surface area contributed by atoms with E-state index in [1.54, 1.807) is 7.11 Å². The third-order valence-electron chi connectivity index (χ3n) is 2.96. The van der Waals surface area contributed by atoms with E-state index in [1.165, 1.54) is 11.1 Å². The van der Waals surface area contributed by atoms with Crippen molar-refractivity contribution >= 4 is 0 Å². The van der Waals surface area contributed by atoms with Crippen LogP contribution in [0.15, 0.2) is 42.0 Å². The van der Waals surface area contributed by atoms with Gasteiger partial charge in [-0.3, -0.25) is 6.08 Å². The third kappa shape index (κ3) is 3.53. The summed E-state index contributed by atoms with van der Waals surface area (Å²) in [5.41, 5.74) is 2.60. The molecule has 0 aliphatic heterocycles. The van der Waals surface area contributed by atoms with Crippen LogP contribution in [0.2, 0.25) is 0 Å². The van der Waals surface area contributed by atoms with Gasteiger partial charge in [0.05, 0.1) is 7.11 Å². The van der Waals surface area contributed by atoms with Crippen molar-refractivity contribution in [2.24, 2.45) is 0 Å². The molecule has 0 radical (unpaired) electrons. The number of allylic oxidation sites excluding steroid dienone is 4. The van der Waals surface area contributed by atoms with Crippen LogP contribution in [0.25, 0.3) is 0 Å². The Balaban J connectivity index is 0.00000144. The van der Waals surface area contributed by atoms with Crippen molar-refractivity contribution in [3.8, 4) is 5.75 Å². The van der Waals surface area contributed by atoms with Crippen LogP contribution >= 0.6 is 0 Å². The van der Waals surface area contributed by atoms with Crippen molar-refractivity contribution in [3.05, 3.63) is 53.6 Å². The summed E-state index contributed by atoms with van der Waals surface area (Å²) in [5, 5.41) is 0. The van der Waals surface area contributed by atoms with Gasteiger partial charge in [-0.25, -0.2) is 11.6 Å². The minimum Gasteiger partial charge on any atom is -0.496 e. The maximum Gasteiger partial charge on any atom is 1.00 e. The first-order valence-corrected chi connectivity index (χ1v) is 5.70. The predicted octanol–water partition coefficient (Wildman–Crippen LogP) is 0.882. The molecule has 1 atom stereocenters. The molecule has 0 fully saturated rings. The van der Waals surface area contributed by atoms with E-state index in [1.807, 2.05) is 12.1 Å². The molecule has 0 heterocycles. The Bertz CT molecular complexity index is 421. The first-order chi connectivity index (χ1) is 7.81. The Labute approximate surface area is 116 Å². The number of hydrogen-bond donors (Lipinski definition) is 0. The van der Waals surface area contributed by atoms with Gasteiger partial charge in [0.1, 0.15) is 5.75 Å². The molecule has 1 unspecified atom stereocenters. The average Bonchev–Trinajstić information content (AvgIpc) is 2.81. The molecule has 0 bridgehead atoms. The summed E-state index contributed by atoms with van der Waals surface area (Å²) in [4.78, 5) is 0. The van der Waals surface area contributed by atoms with E-state index >= 15 is 0 Å². The zero-order chi connectivity index (χ0) is 11.4. The van der Waals surface area contributed by atoms with Crippen molar-refractivity contribution in [2.45, 2.75) is 25.7 Å². The monoisotopic (exact) mass is 220 g/mol. The molecule has 17 heavy (non-hydrogen) atoms. The van der Waals surface area contributed by atoms with E-state index in [4.69, 9.17) is 4.74 Å². The van der Waals surface area contributed by atoms with E-state index in [0.717, 1.165) is 18.6 Å². The van der Waals surface area contributed by atoms with Gasteiger partial charge in [-0.2, -0.15) is 6.08 Å². The Kier molecular flexibility index (Phi) is 5.61. The summed E-state index contributed by atoms with van der Waals surface area (Å²) in [6.45, 7) is 2.23. The summed E-state index contributed by atoms with van der Waals surface area (Å²) in [7, 11) is 1.73. The molecular weight excluding hydrogens is 203 g/mol. The standard InChI is InChI=1S/C15H17O.Li/c1-12(11-13-7-3-4-8-13)14-9-5-6-10-15(14)16-2;/h3,5-7,9-10,12H,4,11H2,1-2H3;/q-1;+1. The first-order valence-electron chi connectivity index (χ1n) is 5.70. The van der Waals surface area contributed by atoms with Gasteiger partial charge in [0.25, 0.3) is 0 Å². The van der Waals surface area contributed by atoms with Crippen molar-refractivity contribution in [3.63, 3.8) is 0 Å². The van der Waals surface area contributed by atoms with Gasteiger partial charge < -0.3 is 4.74 Å². The smallest absolute Gasteiger partial charge is 0.496 e. The molecular formula is C15H17LiO. The molecule has 1 nitrogen and oxygen atoms in total. The summed E-state index contributed by atoms with van der Waals surface area (Å²) < 4.78 is 5.38. The van der Waals surface area contributed by atoms with Crippen LogP contribution in [-0.2, 0) is 0 Å². The Morgan fingerprint density at radius 1 is 1.35 bits per heavy atom. The number of methoxy groups -OCH3 is 1. The second kappa shape index (κ2) is 6.74. The van der Waals surface area contributed by atoms with E-state index < -0.39 is 0 Å². The number of hydrogen-bond acceptors (Lipinski definition) is 1. The van der Waals surface area contributed by atoms with Gasteiger partial charge >= 0.3 is 18.9 Å². The number of benzene rings is 1. The fraction of sp³-hybridized carbons (Fsp3) is 0.333. The molecule has 0 N–H and O–H groups in total. The van der Waals surface area contributed by atoms with E-state index in [2.05, 4.69) is 37.3 Å². The van der Waals surface area contributed by atoms with Crippen LogP contribution in [0.5, 0.6) is 5.75 Å². The number of para-hydroxylation sites is 1. The maximum absolute atomic E-state index is 5.38. The second-order valence-electron chi connectivity index (χ2n) is 4.16. The summed E-state index contributed by atoms with van der Waals surface area (Å²) in [6, 6.07) is 8.24. The van der Waals surface area contributed by atoms with Crippen LogP contribution < -0.4 is 23.6 Å². The largest absolute Gasteiger partial charge is 1.00 e. The van der Waals surface area contributed by atoms with Crippen LogP contribution in [0.3, 0.4) is 0 Å². The van der Waals surface area contributed by atoms with Crippen LogP contribution in [0.1, 0.15) is 31.2 Å². The van der Waals surface area contributed by atoms with E-state index in [0.29, 0.717) is 5.92 Å². The second-order valence-corrected chi connectivity index (χ2v) is 4.16. The minimum atomic E-state index is 0. The van der Waals surface area contributed by atoms with Crippen LogP contribution in [0.4, 0.5) is 0 Å². The van der Waals surface area contributed by atoms with Crippen molar-refractivity contribution in [2.75, 3.05) is 7.11 Å². The van der Waals surface area contributed by atoms with Gasteiger partial charge in [0.15, 0.2) is 0 Å².